The fourth-order valence-corrected chi connectivity index (χ4v) is 2.22. The van der Waals surface area contributed by atoms with E-state index in [1.54, 1.807) is 7.11 Å². The quantitative estimate of drug-likeness (QED) is 0.804. The zero-order valence-corrected chi connectivity index (χ0v) is 12.5. The predicted octanol–water partition coefficient (Wildman–Crippen LogP) is 2.40. The summed E-state index contributed by atoms with van der Waals surface area (Å²) in [4.78, 5) is 12.0. The lowest BCUT2D eigenvalue weighted by atomic mass is 10.0. The number of rotatable bonds is 7. The second kappa shape index (κ2) is 6.75. The summed E-state index contributed by atoms with van der Waals surface area (Å²) in [5.41, 5.74) is 1.18. The van der Waals surface area contributed by atoms with E-state index in [0.717, 1.165) is 25.0 Å². The highest BCUT2D eigenvalue weighted by atomic mass is 16.5. The Hall–Kier alpha value is -1.55. The molecule has 0 bridgehead atoms. The first-order valence-electron chi connectivity index (χ1n) is 7.34. The summed E-state index contributed by atoms with van der Waals surface area (Å²) in [6, 6.07) is 8.41. The molecule has 2 rings (SSSR count). The van der Waals surface area contributed by atoms with E-state index in [1.807, 2.05) is 31.2 Å². The molecule has 1 fully saturated rings. The van der Waals surface area contributed by atoms with Gasteiger partial charge in [-0.1, -0.05) is 19.1 Å². The summed E-state index contributed by atoms with van der Waals surface area (Å²) in [6.45, 7) is 4.04. The largest absolute Gasteiger partial charge is 0.497 e. The van der Waals surface area contributed by atoms with Crippen molar-refractivity contribution in [2.24, 2.45) is 0 Å². The number of hydrogen-bond acceptors (Lipinski definition) is 3. The van der Waals surface area contributed by atoms with Crippen LogP contribution in [0.3, 0.4) is 0 Å². The zero-order valence-electron chi connectivity index (χ0n) is 12.5. The van der Waals surface area contributed by atoms with E-state index in [0.29, 0.717) is 6.04 Å². The molecule has 1 aromatic carbocycles. The minimum Gasteiger partial charge on any atom is -0.497 e. The maximum atomic E-state index is 12.0. The highest BCUT2D eigenvalue weighted by Gasteiger charge is 2.26. The second-order valence-electron chi connectivity index (χ2n) is 5.41. The van der Waals surface area contributed by atoms with Crippen molar-refractivity contribution in [3.8, 4) is 5.75 Å². The standard InChI is InChI=1S/C16H24N2O2/c1-4-15(12-5-9-14(20-3)10-6-12)17-11(2)16(19)18-13-7-8-13/h5-6,9-11,13,15,17H,4,7-8H2,1-3H3,(H,18,19)/t11-,15-/m0/s1. The average molecular weight is 276 g/mol. The van der Waals surface area contributed by atoms with Crippen LogP contribution in [0.15, 0.2) is 24.3 Å². The molecule has 0 heterocycles. The topological polar surface area (TPSA) is 50.4 Å². The summed E-state index contributed by atoms with van der Waals surface area (Å²) in [5.74, 6) is 0.947. The van der Waals surface area contributed by atoms with Gasteiger partial charge in [0.05, 0.1) is 13.2 Å². The lowest BCUT2D eigenvalue weighted by Crippen LogP contribution is -2.44. The molecule has 4 heteroatoms. The maximum absolute atomic E-state index is 12.0. The number of benzene rings is 1. The van der Waals surface area contributed by atoms with Crippen LogP contribution in [0.2, 0.25) is 0 Å². The van der Waals surface area contributed by atoms with Gasteiger partial charge in [0.2, 0.25) is 5.91 Å². The normalized spacial score (nSPS) is 17.4. The number of amides is 1. The molecule has 2 atom stereocenters. The SMILES string of the molecule is CC[C@H](N[C@@H](C)C(=O)NC1CC1)c1ccc(OC)cc1. The Balaban J connectivity index is 1.94. The summed E-state index contributed by atoms with van der Waals surface area (Å²) in [6.07, 6.45) is 3.18. The van der Waals surface area contributed by atoms with Crippen LogP contribution in [0.1, 0.15) is 44.7 Å². The maximum Gasteiger partial charge on any atom is 0.237 e. The van der Waals surface area contributed by atoms with Gasteiger partial charge in [0.25, 0.3) is 0 Å². The lowest BCUT2D eigenvalue weighted by Gasteiger charge is -2.22. The molecule has 0 spiro atoms. The molecule has 0 aromatic heterocycles. The number of hydrogen-bond donors (Lipinski definition) is 2. The smallest absolute Gasteiger partial charge is 0.237 e. The summed E-state index contributed by atoms with van der Waals surface area (Å²) >= 11 is 0. The van der Waals surface area contributed by atoms with Gasteiger partial charge < -0.3 is 10.1 Å². The Labute approximate surface area is 120 Å². The van der Waals surface area contributed by atoms with Crippen molar-refractivity contribution in [3.05, 3.63) is 29.8 Å². The number of methoxy groups -OCH3 is 1. The van der Waals surface area contributed by atoms with Crippen molar-refractivity contribution >= 4 is 5.91 Å². The first-order valence-corrected chi connectivity index (χ1v) is 7.34. The second-order valence-corrected chi connectivity index (χ2v) is 5.41. The fourth-order valence-electron chi connectivity index (χ4n) is 2.22. The van der Waals surface area contributed by atoms with Crippen LogP contribution in [-0.2, 0) is 4.79 Å². The van der Waals surface area contributed by atoms with E-state index in [1.165, 1.54) is 5.56 Å². The first kappa shape index (κ1) is 14.9. The van der Waals surface area contributed by atoms with Crippen LogP contribution in [0.5, 0.6) is 5.75 Å². The minimum atomic E-state index is -0.178. The molecule has 1 aliphatic carbocycles. The Bertz CT molecular complexity index is 440. The molecule has 0 aliphatic heterocycles. The van der Waals surface area contributed by atoms with E-state index < -0.39 is 0 Å². The Kier molecular flexibility index (Phi) is 5.01. The Morgan fingerprint density at radius 3 is 2.50 bits per heavy atom. The van der Waals surface area contributed by atoms with Gasteiger partial charge in [0.1, 0.15) is 5.75 Å². The predicted molar refractivity (Wildman–Crippen MR) is 79.8 cm³/mol. The van der Waals surface area contributed by atoms with Crippen LogP contribution < -0.4 is 15.4 Å². The van der Waals surface area contributed by atoms with Crippen molar-refractivity contribution in [1.29, 1.82) is 0 Å². The van der Waals surface area contributed by atoms with Crippen molar-refractivity contribution in [2.45, 2.75) is 51.2 Å². The third kappa shape index (κ3) is 3.97. The van der Waals surface area contributed by atoms with Gasteiger partial charge in [-0.2, -0.15) is 0 Å². The van der Waals surface area contributed by atoms with Gasteiger partial charge in [-0.3, -0.25) is 10.1 Å². The van der Waals surface area contributed by atoms with Gasteiger partial charge in [-0.05, 0) is 43.9 Å². The molecule has 1 saturated carbocycles. The Morgan fingerprint density at radius 2 is 2.00 bits per heavy atom. The molecule has 1 amide bonds. The molecule has 0 radical (unpaired) electrons. The molecule has 0 unspecified atom stereocenters. The van der Waals surface area contributed by atoms with E-state index >= 15 is 0 Å². The molecular weight excluding hydrogens is 252 g/mol. The first-order chi connectivity index (χ1) is 9.63. The van der Waals surface area contributed by atoms with Crippen LogP contribution in [0, 0.1) is 0 Å². The van der Waals surface area contributed by atoms with Gasteiger partial charge >= 0.3 is 0 Å². The fraction of sp³-hybridized carbons (Fsp3) is 0.562. The van der Waals surface area contributed by atoms with Crippen molar-refractivity contribution in [1.82, 2.24) is 10.6 Å². The Morgan fingerprint density at radius 1 is 1.35 bits per heavy atom. The van der Waals surface area contributed by atoms with Gasteiger partial charge in [-0.25, -0.2) is 0 Å². The van der Waals surface area contributed by atoms with E-state index in [4.69, 9.17) is 4.74 Å². The van der Waals surface area contributed by atoms with Crippen molar-refractivity contribution in [3.63, 3.8) is 0 Å². The average Bonchev–Trinajstić information content (AvgIpc) is 3.28. The molecule has 1 aliphatic rings. The van der Waals surface area contributed by atoms with Crippen LogP contribution in [-0.4, -0.2) is 25.1 Å². The van der Waals surface area contributed by atoms with Crippen molar-refractivity contribution in [2.75, 3.05) is 7.11 Å². The van der Waals surface area contributed by atoms with Crippen molar-refractivity contribution < 1.29 is 9.53 Å². The van der Waals surface area contributed by atoms with Gasteiger partial charge in [-0.15, -0.1) is 0 Å². The van der Waals surface area contributed by atoms with E-state index in [2.05, 4.69) is 17.6 Å². The molecule has 20 heavy (non-hydrogen) atoms. The summed E-state index contributed by atoms with van der Waals surface area (Å²) in [5, 5.41) is 6.43. The van der Waals surface area contributed by atoms with E-state index in [-0.39, 0.29) is 18.0 Å². The van der Waals surface area contributed by atoms with Gasteiger partial charge in [0.15, 0.2) is 0 Å². The molecule has 0 saturated heterocycles. The third-order valence-corrected chi connectivity index (χ3v) is 3.69. The number of carbonyl (C=O) groups excluding carboxylic acids is 1. The van der Waals surface area contributed by atoms with Crippen LogP contribution >= 0.6 is 0 Å². The molecule has 4 nitrogen and oxygen atoms in total. The summed E-state index contributed by atoms with van der Waals surface area (Å²) < 4.78 is 5.17. The molecule has 110 valence electrons. The number of carbonyl (C=O) groups is 1. The minimum absolute atomic E-state index is 0.0967. The van der Waals surface area contributed by atoms with Crippen LogP contribution in [0.4, 0.5) is 0 Å². The van der Waals surface area contributed by atoms with Crippen LogP contribution in [0.25, 0.3) is 0 Å². The number of ether oxygens (including phenoxy) is 1. The van der Waals surface area contributed by atoms with Gasteiger partial charge in [0, 0.05) is 12.1 Å². The number of nitrogens with one attached hydrogen (secondary N) is 2. The zero-order chi connectivity index (χ0) is 14.5. The molecule has 1 aromatic rings. The molecule has 2 N–H and O–H groups in total. The summed E-state index contributed by atoms with van der Waals surface area (Å²) in [7, 11) is 1.66. The monoisotopic (exact) mass is 276 g/mol. The highest BCUT2D eigenvalue weighted by molar-refractivity contribution is 5.81. The lowest BCUT2D eigenvalue weighted by molar-refractivity contribution is -0.123. The highest BCUT2D eigenvalue weighted by Crippen LogP contribution is 2.21. The third-order valence-electron chi connectivity index (χ3n) is 3.69. The van der Waals surface area contributed by atoms with E-state index in [9.17, 15) is 4.79 Å². The molecular formula is C16H24N2O2.